The zero-order valence-corrected chi connectivity index (χ0v) is 18.9. The van der Waals surface area contributed by atoms with Crippen molar-refractivity contribution in [2.45, 2.75) is 19.9 Å². The Kier molecular flexibility index (Phi) is 6.11. The van der Waals surface area contributed by atoms with Gasteiger partial charge in [0.25, 0.3) is 17.7 Å². The maximum Gasteiger partial charge on any atom is 0.274 e. The van der Waals surface area contributed by atoms with Crippen LogP contribution in [0.2, 0.25) is 15.1 Å². The number of nitrogens with zero attached hydrogens (tertiary/aromatic N) is 2. The Morgan fingerprint density at radius 1 is 1.06 bits per heavy atom. The number of carbonyl (C=O) groups excluding carboxylic acids is 3. The highest BCUT2D eigenvalue weighted by molar-refractivity contribution is 6.35. The molecule has 3 amide bonds. The van der Waals surface area contributed by atoms with E-state index in [0.29, 0.717) is 22.0 Å². The summed E-state index contributed by atoms with van der Waals surface area (Å²) in [5.74, 6) is -2.43. The van der Waals surface area contributed by atoms with Gasteiger partial charge < -0.3 is 0 Å². The third-order valence-electron chi connectivity index (χ3n) is 5.76. The van der Waals surface area contributed by atoms with Crippen molar-refractivity contribution in [3.63, 3.8) is 0 Å². The summed E-state index contributed by atoms with van der Waals surface area (Å²) in [6, 6.07) is 11.4. The molecule has 0 saturated carbocycles. The van der Waals surface area contributed by atoms with E-state index in [1.54, 1.807) is 42.5 Å². The molecule has 0 bridgehead atoms. The molecule has 160 valence electrons. The predicted octanol–water partition coefficient (Wildman–Crippen LogP) is 5.40. The average molecular weight is 478 g/mol. The molecule has 2 aliphatic rings. The summed E-state index contributed by atoms with van der Waals surface area (Å²) in [4.78, 5) is 40.1. The van der Waals surface area contributed by atoms with Crippen LogP contribution in [0.5, 0.6) is 0 Å². The fourth-order valence-electron chi connectivity index (χ4n) is 4.19. The lowest BCUT2D eigenvalue weighted by Crippen LogP contribution is -2.50. The van der Waals surface area contributed by atoms with E-state index < -0.39 is 29.6 Å². The lowest BCUT2D eigenvalue weighted by Gasteiger charge is -2.31. The van der Waals surface area contributed by atoms with Crippen LogP contribution in [-0.4, -0.2) is 27.7 Å². The first-order valence-corrected chi connectivity index (χ1v) is 11.0. The van der Waals surface area contributed by atoms with Crippen LogP contribution < -0.4 is 0 Å². The first kappa shape index (κ1) is 21.9. The molecule has 5 nitrogen and oxygen atoms in total. The molecule has 3 atom stereocenters. The van der Waals surface area contributed by atoms with Crippen molar-refractivity contribution in [1.29, 1.82) is 0 Å². The second kappa shape index (κ2) is 8.65. The highest BCUT2D eigenvalue weighted by Gasteiger charge is 2.53. The Balaban J connectivity index is 1.77. The minimum atomic E-state index is -0.558. The van der Waals surface area contributed by atoms with Crippen molar-refractivity contribution in [2.75, 3.05) is 0 Å². The molecule has 4 rings (SSSR count). The fraction of sp³-hybridized carbons (Fsp3) is 0.261. The van der Waals surface area contributed by atoms with Gasteiger partial charge in [-0.25, -0.2) is 5.01 Å². The SMILES string of the molecule is C[C@@H]1C=CC[C@H]2C(=O)N(N(Cc3ccc(Cl)cc3Cl)C(=O)c3ccccc3Cl)C(=O)[C@H]12. The molecule has 0 spiro atoms. The van der Waals surface area contributed by atoms with Crippen molar-refractivity contribution in [3.05, 3.63) is 80.8 Å². The molecule has 1 heterocycles. The van der Waals surface area contributed by atoms with E-state index >= 15 is 0 Å². The normalized spacial score (nSPS) is 22.6. The quantitative estimate of drug-likeness (QED) is 0.437. The summed E-state index contributed by atoms with van der Waals surface area (Å²) < 4.78 is 0. The van der Waals surface area contributed by atoms with Crippen molar-refractivity contribution < 1.29 is 14.4 Å². The van der Waals surface area contributed by atoms with Gasteiger partial charge in [-0.3, -0.25) is 14.4 Å². The van der Waals surface area contributed by atoms with Crippen molar-refractivity contribution >= 4 is 52.5 Å². The Bertz CT molecular complexity index is 1100. The maximum atomic E-state index is 13.5. The molecule has 0 unspecified atom stereocenters. The number of imide groups is 1. The maximum absolute atomic E-state index is 13.5. The summed E-state index contributed by atoms with van der Waals surface area (Å²) >= 11 is 18.6. The van der Waals surface area contributed by atoms with Gasteiger partial charge in [0.2, 0.25) is 0 Å². The van der Waals surface area contributed by atoms with Crippen molar-refractivity contribution in [2.24, 2.45) is 17.8 Å². The largest absolute Gasteiger partial charge is 0.274 e. The molecule has 1 aliphatic carbocycles. The highest BCUT2D eigenvalue weighted by Crippen LogP contribution is 2.40. The molecule has 0 N–H and O–H groups in total. The Morgan fingerprint density at radius 2 is 1.81 bits per heavy atom. The zero-order valence-electron chi connectivity index (χ0n) is 16.6. The van der Waals surface area contributed by atoms with Gasteiger partial charge in [0.05, 0.1) is 29.0 Å². The molecular weight excluding hydrogens is 459 g/mol. The van der Waals surface area contributed by atoms with E-state index in [1.807, 2.05) is 19.1 Å². The van der Waals surface area contributed by atoms with E-state index in [2.05, 4.69) is 0 Å². The summed E-state index contributed by atoms with van der Waals surface area (Å²) in [5, 5.41) is 3.13. The number of rotatable bonds is 4. The molecule has 31 heavy (non-hydrogen) atoms. The number of benzene rings is 2. The second-order valence-corrected chi connectivity index (χ2v) is 8.97. The first-order valence-electron chi connectivity index (χ1n) is 9.84. The second-order valence-electron chi connectivity index (χ2n) is 7.72. The number of carbonyl (C=O) groups is 3. The van der Waals surface area contributed by atoms with Crippen LogP contribution in [0, 0.1) is 17.8 Å². The van der Waals surface area contributed by atoms with Crippen LogP contribution in [0.15, 0.2) is 54.6 Å². The van der Waals surface area contributed by atoms with E-state index in [4.69, 9.17) is 34.8 Å². The molecule has 1 saturated heterocycles. The van der Waals surface area contributed by atoms with Gasteiger partial charge >= 0.3 is 0 Å². The zero-order chi connectivity index (χ0) is 22.3. The number of amides is 3. The number of hydrazine groups is 1. The van der Waals surface area contributed by atoms with Crippen LogP contribution >= 0.6 is 34.8 Å². The minimum Gasteiger partial charge on any atom is -0.272 e. The number of halogens is 3. The molecular formula is C23H19Cl3N2O3. The van der Waals surface area contributed by atoms with E-state index in [1.165, 1.54) is 0 Å². The molecule has 1 fully saturated rings. The van der Waals surface area contributed by atoms with Crippen LogP contribution in [-0.2, 0) is 16.1 Å². The average Bonchev–Trinajstić information content (AvgIpc) is 2.99. The standard InChI is InChI=1S/C23H19Cl3N2O3/c1-13-5-4-7-17-20(13)23(31)28(22(17)30)27(12-14-9-10-15(24)11-19(14)26)21(29)16-6-2-3-8-18(16)25/h2-6,8-11,13,17,20H,7,12H2,1H3/t13-,17-,20-/m1/s1. The lowest BCUT2D eigenvalue weighted by molar-refractivity contribution is -0.155. The predicted molar refractivity (Wildman–Crippen MR) is 120 cm³/mol. The summed E-state index contributed by atoms with van der Waals surface area (Å²) in [7, 11) is 0. The van der Waals surface area contributed by atoms with E-state index in [9.17, 15) is 14.4 Å². The summed E-state index contributed by atoms with van der Waals surface area (Å²) in [6.07, 6.45) is 4.31. The summed E-state index contributed by atoms with van der Waals surface area (Å²) in [5.41, 5.74) is 0.740. The van der Waals surface area contributed by atoms with Crippen molar-refractivity contribution in [3.8, 4) is 0 Å². The van der Waals surface area contributed by atoms with Gasteiger partial charge in [-0.1, -0.05) is 72.1 Å². The van der Waals surface area contributed by atoms with Crippen LogP contribution in [0.25, 0.3) is 0 Å². The van der Waals surface area contributed by atoms with Crippen molar-refractivity contribution in [1.82, 2.24) is 10.0 Å². The monoisotopic (exact) mass is 476 g/mol. The molecule has 1 aliphatic heterocycles. The van der Waals surface area contributed by atoms with Gasteiger partial charge in [-0.15, -0.1) is 0 Å². The Morgan fingerprint density at radius 3 is 2.48 bits per heavy atom. The number of allylic oxidation sites excluding steroid dienone is 2. The van der Waals surface area contributed by atoms with Gasteiger partial charge in [0.1, 0.15) is 0 Å². The highest BCUT2D eigenvalue weighted by atomic mass is 35.5. The van der Waals surface area contributed by atoms with Gasteiger partial charge in [-0.2, -0.15) is 5.01 Å². The number of hydrogen-bond donors (Lipinski definition) is 0. The van der Waals surface area contributed by atoms with Crippen LogP contribution in [0.3, 0.4) is 0 Å². The number of fused-ring (bicyclic) bond motifs is 1. The van der Waals surface area contributed by atoms with Gasteiger partial charge in [-0.05, 0) is 42.2 Å². The van der Waals surface area contributed by atoms with E-state index in [-0.39, 0.29) is 23.0 Å². The molecule has 2 aromatic rings. The smallest absolute Gasteiger partial charge is 0.272 e. The Labute approximate surface area is 195 Å². The van der Waals surface area contributed by atoms with E-state index in [0.717, 1.165) is 10.0 Å². The fourth-order valence-corrected chi connectivity index (χ4v) is 4.87. The molecule has 0 aromatic heterocycles. The molecule has 2 aromatic carbocycles. The molecule has 0 radical (unpaired) electrons. The third-order valence-corrected chi connectivity index (χ3v) is 6.68. The van der Waals surface area contributed by atoms with Crippen LogP contribution in [0.4, 0.5) is 0 Å². The number of hydrogen-bond acceptors (Lipinski definition) is 3. The van der Waals surface area contributed by atoms with Gasteiger partial charge in [0, 0.05) is 10.0 Å². The topological polar surface area (TPSA) is 57.7 Å². The van der Waals surface area contributed by atoms with Crippen LogP contribution in [0.1, 0.15) is 29.3 Å². The third kappa shape index (κ3) is 3.98. The Hall–Kier alpha value is -2.34. The van der Waals surface area contributed by atoms with Gasteiger partial charge in [0.15, 0.2) is 0 Å². The molecule has 8 heteroatoms. The minimum absolute atomic E-state index is 0.0845. The lowest BCUT2D eigenvalue weighted by atomic mass is 9.78. The first-order chi connectivity index (χ1) is 14.8. The summed E-state index contributed by atoms with van der Waals surface area (Å²) in [6.45, 7) is 1.82.